The number of nitrogens with zero attached hydrogens (tertiary/aromatic N) is 10. The SMILES string of the molecule is C#CC.CC#Cc1cc(CO)ccc1CC(=O)CCl.CC#Cc1cc(CO)ccc1[N+](=O)[O-].CCOC(=O)c1ncn2c1Cn1nnc(C)c1-c1cc(CO)ccc1-2.Cc1nnn2c1-c1cc(CO)ccc1CC(=O)C2.O=[N+]([O-])c1ccc(CO)cc1Br. The van der Waals surface area contributed by atoms with Crippen molar-refractivity contribution in [3.05, 3.63) is 195 Å². The molecule has 8 aromatic rings. The maximum Gasteiger partial charge on any atom is 0.358 e. The third-order valence-electron chi connectivity index (χ3n) is 12.8. The summed E-state index contributed by atoms with van der Waals surface area (Å²) < 4.78 is 10.8. The second-order valence-electron chi connectivity index (χ2n) is 18.9. The maximum absolute atomic E-state index is 12.2. The molecule has 2 aliphatic rings. The van der Waals surface area contributed by atoms with Crippen molar-refractivity contribution in [2.24, 2.45) is 0 Å². The smallest absolute Gasteiger partial charge is 0.358 e. The molecular formula is C63H62BrClN10O13. The van der Waals surface area contributed by atoms with Gasteiger partial charge in [-0.25, -0.2) is 19.1 Å². The first-order valence-electron chi connectivity index (χ1n) is 26.8. The molecule has 88 heavy (non-hydrogen) atoms. The number of benzene rings is 5. The zero-order valence-corrected chi connectivity index (χ0v) is 51.2. The Morgan fingerprint density at radius 1 is 0.705 bits per heavy atom. The molecule has 0 atom stereocenters. The summed E-state index contributed by atoms with van der Waals surface area (Å²) in [5.74, 6) is 12.8. The van der Waals surface area contributed by atoms with E-state index in [-0.39, 0.29) is 80.7 Å². The van der Waals surface area contributed by atoms with Crippen LogP contribution < -0.4 is 0 Å². The molecule has 0 unspecified atom stereocenters. The minimum atomic E-state index is -0.485. The number of carbonyl (C=O) groups is 3. The molecule has 0 saturated heterocycles. The van der Waals surface area contributed by atoms with E-state index in [9.17, 15) is 44.8 Å². The number of hydrogen-bond donors (Lipinski definition) is 5. The number of terminal acetylenes is 1. The largest absolute Gasteiger partial charge is 0.461 e. The number of halogens is 2. The van der Waals surface area contributed by atoms with Gasteiger partial charge in [0.2, 0.25) is 0 Å². The van der Waals surface area contributed by atoms with E-state index in [4.69, 9.17) is 31.7 Å². The van der Waals surface area contributed by atoms with Crippen LogP contribution in [0.4, 0.5) is 11.4 Å². The van der Waals surface area contributed by atoms with Crippen LogP contribution in [0.2, 0.25) is 0 Å². The third kappa shape index (κ3) is 18.0. The lowest BCUT2D eigenvalue weighted by molar-refractivity contribution is -0.385. The number of hydrogen-bond acceptors (Lipinski definition) is 18. The Balaban J connectivity index is 0.000000203. The van der Waals surface area contributed by atoms with Crippen molar-refractivity contribution in [3.8, 4) is 64.2 Å². The number of nitro groups is 2. The van der Waals surface area contributed by atoms with Crippen LogP contribution in [0, 0.1) is 70.1 Å². The van der Waals surface area contributed by atoms with Gasteiger partial charge in [-0.05, 0) is 145 Å². The maximum atomic E-state index is 12.2. The quantitative estimate of drug-likeness (QED) is 0.0253. The number of rotatable bonds is 12. The van der Waals surface area contributed by atoms with Gasteiger partial charge in [-0.15, -0.1) is 46.0 Å². The Hall–Kier alpha value is -9.55. The molecule has 0 saturated carbocycles. The van der Waals surface area contributed by atoms with E-state index in [0.717, 1.165) is 73.0 Å². The Bertz CT molecular complexity index is 4010. The number of esters is 1. The molecule has 0 radical (unpaired) electrons. The number of aliphatic hydroxyl groups excluding tert-OH is 5. The number of Topliss-reactive ketones (excluding diaryl/α,β-unsaturated/α-hetero) is 2. The highest BCUT2D eigenvalue weighted by Crippen LogP contribution is 2.35. The van der Waals surface area contributed by atoms with Gasteiger partial charge in [-0.3, -0.25) is 34.4 Å². The minimum Gasteiger partial charge on any atom is -0.461 e. The van der Waals surface area contributed by atoms with E-state index in [1.807, 2.05) is 60.9 Å². The fourth-order valence-corrected chi connectivity index (χ4v) is 9.47. The molecule has 5 heterocycles. The van der Waals surface area contributed by atoms with E-state index >= 15 is 0 Å². The van der Waals surface area contributed by atoms with Crippen molar-refractivity contribution in [2.75, 3.05) is 12.5 Å². The van der Waals surface area contributed by atoms with Crippen molar-refractivity contribution in [3.63, 3.8) is 0 Å². The Morgan fingerprint density at radius 3 is 1.74 bits per heavy atom. The molecule has 10 rings (SSSR count). The van der Waals surface area contributed by atoms with Crippen LogP contribution in [0.25, 0.3) is 28.2 Å². The summed E-state index contributed by atoms with van der Waals surface area (Å²) in [6.07, 6.45) is 6.91. The predicted octanol–water partition coefficient (Wildman–Crippen LogP) is 8.19. The van der Waals surface area contributed by atoms with Gasteiger partial charge >= 0.3 is 5.97 Å². The monoisotopic (exact) mass is 1280 g/mol. The number of ketones is 2. The molecule has 0 spiro atoms. The summed E-state index contributed by atoms with van der Waals surface area (Å²) in [7, 11) is 0. The first-order chi connectivity index (χ1) is 42.3. The van der Waals surface area contributed by atoms with Crippen LogP contribution in [-0.4, -0.2) is 105 Å². The molecule has 25 heteroatoms. The Kier molecular flexibility index (Phi) is 26.7. The second-order valence-corrected chi connectivity index (χ2v) is 20.0. The number of fused-ring (bicyclic) bond motifs is 8. The highest BCUT2D eigenvalue weighted by Gasteiger charge is 2.28. The van der Waals surface area contributed by atoms with Crippen LogP contribution >= 0.6 is 27.5 Å². The molecule has 3 aromatic heterocycles. The molecule has 0 bridgehead atoms. The van der Waals surface area contributed by atoms with Crippen LogP contribution in [0.5, 0.6) is 0 Å². The van der Waals surface area contributed by atoms with E-state index in [0.29, 0.717) is 46.2 Å². The van der Waals surface area contributed by atoms with Gasteiger partial charge in [0.15, 0.2) is 17.3 Å². The number of imidazole rings is 1. The van der Waals surface area contributed by atoms with Crippen LogP contribution in [-0.2, 0) is 73.3 Å². The van der Waals surface area contributed by atoms with Gasteiger partial charge in [0.05, 0.1) is 101 Å². The minimum absolute atomic E-state index is 0.00667. The van der Waals surface area contributed by atoms with Crippen LogP contribution in [0.15, 0.2) is 102 Å². The molecule has 0 fully saturated rings. The normalized spacial score (nSPS) is 10.9. The fourth-order valence-electron chi connectivity index (χ4n) is 8.81. The summed E-state index contributed by atoms with van der Waals surface area (Å²) >= 11 is 8.50. The first kappa shape index (κ1) is 69.2. The highest BCUT2D eigenvalue weighted by molar-refractivity contribution is 9.10. The molecule has 2 aliphatic heterocycles. The lowest BCUT2D eigenvalue weighted by Crippen LogP contribution is -2.12. The lowest BCUT2D eigenvalue weighted by Gasteiger charge is -2.11. The summed E-state index contributed by atoms with van der Waals surface area (Å²) in [5, 5.41) is 82.6. The van der Waals surface area contributed by atoms with Crippen molar-refractivity contribution >= 4 is 56.4 Å². The molecule has 0 amide bonds. The number of aromatic nitrogens is 8. The lowest BCUT2D eigenvalue weighted by atomic mass is 9.98. The van der Waals surface area contributed by atoms with Gasteiger partial charge in [-0.2, -0.15) is 0 Å². The van der Waals surface area contributed by atoms with Crippen molar-refractivity contribution in [1.82, 2.24) is 39.5 Å². The van der Waals surface area contributed by atoms with Gasteiger partial charge in [-0.1, -0.05) is 52.6 Å². The van der Waals surface area contributed by atoms with Gasteiger partial charge in [0, 0.05) is 41.7 Å². The van der Waals surface area contributed by atoms with Gasteiger partial charge < -0.3 is 30.3 Å². The topological polar surface area (TPSA) is 327 Å². The molecule has 5 N–H and O–H groups in total. The number of ether oxygens (including phenoxy) is 1. The van der Waals surface area contributed by atoms with Crippen LogP contribution in [0.3, 0.4) is 0 Å². The molecular weight excluding hydrogens is 1220 g/mol. The highest BCUT2D eigenvalue weighted by atomic mass is 79.9. The zero-order chi connectivity index (χ0) is 64.6. The molecule has 0 aliphatic carbocycles. The molecule has 456 valence electrons. The summed E-state index contributed by atoms with van der Waals surface area (Å²) in [6, 6.07) is 25.5. The van der Waals surface area contributed by atoms with E-state index in [1.54, 1.807) is 55.5 Å². The zero-order valence-electron chi connectivity index (χ0n) is 48.8. The first-order valence-corrected chi connectivity index (χ1v) is 28.1. The van der Waals surface area contributed by atoms with Crippen molar-refractivity contribution in [1.29, 1.82) is 0 Å². The van der Waals surface area contributed by atoms with Gasteiger partial charge in [0.25, 0.3) is 11.4 Å². The van der Waals surface area contributed by atoms with Crippen LogP contribution in [0.1, 0.15) is 105 Å². The second kappa shape index (κ2) is 34.0. The number of aryl methyl sites for hydroxylation is 2. The number of nitro benzene ring substituents is 2. The standard InChI is InChI=1S/C17H17N5O3.C13H13ClO2.C13H13N3O2.C10H9NO3.C7H6BrNO3.C3H4/c1-3-25-17(24)15-14-7-22-16(10(2)19-20-22)12-6-11(8-23)4-5-13(12)21(14)9-18-15;1-2-3-11-6-10(9-15)4-5-12(11)7-13(16)8-14;1-8-13-12-4-9(7-17)2-3-10(12)5-11(18)6-16(13)15-14-8;1-2-3-9-6-8(7-12)4-5-10(9)11(13)14;8-6-3-5(4-10)1-2-7(6)9(11)12;1-3-2/h4-6,9,23H,3,7-8H2,1-2H3;4-6,15H,7-9H2,1H3;2-4,17H,5-7H2,1H3;4-6,12H,7H2,1H3;1-3,10H,4H2;1H,2H3. The average molecular weight is 1280 g/mol. The molecule has 5 aromatic carbocycles. The van der Waals surface area contributed by atoms with Crippen molar-refractivity contribution < 1.29 is 54.5 Å². The van der Waals surface area contributed by atoms with E-state index in [2.05, 4.69) is 77.6 Å². The Labute approximate surface area is 520 Å². The van der Waals surface area contributed by atoms with Gasteiger partial charge in [0.1, 0.15) is 18.4 Å². The summed E-state index contributed by atoms with van der Waals surface area (Å²) in [4.78, 5) is 59.5. The van der Waals surface area contributed by atoms with E-state index < -0.39 is 15.8 Å². The number of aliphatic hydroxyl groups is 5. The van der Waals surface area contributed by atoms with E-state index in [1.165, 1.54) is 36.4 Å². The molecule has 23 nitrogen and oxygen atoms in total. The Morgan fingerprint density at radius 2 is 1.19 bits per heavy atom. The number of carbonyl (C=O) groups excluding carboxylic acids is 3. The third-order valence-corrected chi connectivity index (χ3v) is 13.7. The summed E-state index contributed by atoms with van der Waals surface area (Å²) in [6.45, 7) is 11.1. The fraction of sp³-hybridized carbons (Fsp3) is 0.270. The number of alkyl halides is 1. The predicted molar refractivity (Wildman–Crippen MR) is 330 cm³/mol. The van der Waals surface area contributed by atoms with Crippen molar-refractivity contribution in [2.45, 2.75) is 101 Å². The average Bonchev–Trinajstić information content (AvgIpc) is 1.66. The summed E-state index contributed by atoms with van der Waals surface area (Å²) in [5.41, 5.74) is 13.6.